The molecule has 0 aromatic carbocycles. The Labute approximate surface area is 115 Å². The van der Waals surface area contributed by atoms with E-state index in [1.807, 2.05) is 7.05 Å². The maximum Gasteiger partial charge on any atom is 0.315 e. The van der Waals surface area contributed by atoms with Crippen LogP contribution in [0.3, 0.4) is 0 Å². The monoisotopic (exact) mass is 314 g/mol. The zero-order valence-electron chi connectivity index (χ0n) is 10.6. The van der Waals surface area contributed by atoms with Crippen LogP contribution in [0.15, 0.2) is 10.7 Å². The van der Waals surface area contributed by atoms with Crippen LogP contribution in [-0.4, -0.2) is 21.9 Å². The van der Waals surface area contributed by atoms with Crippen LogP contribution in [0.25, 0.3) is 0 Å². The smallest absolute Gasteiger partial charge is 0.315 e. The quantitative estimate of drug-likeness (QED) is 0.899. The van der Waals surface area contributed by atoms with E-state index in [4.69, 9.17) is 0 Å². The standard InChI is InChI=1S/C12H19BrN4O/c1-17-11(10(13)7-15-17)8-14-12(18)16-9-5-3-2-4-6-9/h7,9H,2-6,8H2,1H3,(H2,14,16,18). The number of hydrogen-bond donors (Lipinski definition) is 2. The fourth-order valence-electron chi connectivity index (χ4n) is 2.28. The minimum Gasteiger partial charge on any atom is -0.335 e. The summed E-state index contributed by atoms with van der Waals surface area (Å²) in [5, 5.41) is 10.0. The highest BCUT2D eigenvalue weighted by molar-refractivity contribution is 9.10. The summed E-state index contributed by atoms with van der Waals surface area (Å²) in [5.41, 5.74) is 0.966. The molecule has 1 heterocycles. The molecular formula is C12H19BrN4O. The molecule has 6 heteroatoms. The molecule has 0 aliphatic heterocycles. The van der Waals surface area contributed by atoms with Crippen LogP contribution in [-0.2, 0) is 13.6 Å². The predicted molar refractivity (Wildman–Crippen MR) is 73.2 cm³/mol. The van der Waals surface area contributed by atoms with Crippen molar-refractivity contribution >= 4 is 22.0 Å². The lowest BCUT2D eigenvalue weighted by molar-refractivity contribution is 0.232. The van der Waals surface area contributed by atoms with E-state index < -0.39 is 0 Å². The van der Waals surface area contributed by atoms with Crippen molar-refractivity contribution in [3.8, 4) is 0 Å². The summed E-state index contributed by atoms with van der Waals surface area (Å²) in [4.78, 5) is 11.8. The molecule has 18 heavy (non-hydrogen) atoms. The van der Waals surface area contributed by atoms with Gasteiger partial charge in [-0.25, -0.2) is 4.79 Å². The van der Waals surface area contributed by atoms with Gasteiger partial charge in [0.1, 0.15) is 0 Å². The van der Waals surface area contributed by atoms with Gasteiger partial charge in [-0.2, -0.15) is 5.10 Å². The van der Waals surface area contributed by atoms with Gasteiger partial charge in [-0.3, -0.25) is 4.68 Å². The van der Waals surface area contributed by atoms with E-state index in [-0.39, 0.29) is 6.03 Å². The number of nitrogens with zero attached hydrogens (tertiary/aromatic N) is 2. The van der Waals surface area contributed by atoms with Crippen molar-refractivity contribution in [3.63, 3.8) is 0 Å². The van der Waals surface area contributed by atoms with E-state index in [1.165, 1.54) is 19.3 Å². The zero-order valence-corrected chi connectivity index (χ0v) is 12.2. The number of halogens is 1. The van der Waals surface area contributed by atoms with Crippen LogP contribution >= 0.6 is 15.9 Å². The van der Waals surface area contributed by atoms with Gasteiger partial charge in [0.2, 0.25) is 0 Å². The number of amides is 2. The zero-order chi connectivity index (χ0) is 13.0. The Morgan fingerprint density at radius 3 is 2.83 bits per heavy atom. The molecule has 5 nitrogen and oxygen atoms in total. The summed E-state index contributed by atoms with van der Waals surface area (Å²) in [6.07, 6.45) is 7.67. The lowest BCUT2D eigenvalue weighted by Gasteiger charge is -2.22. The lowest BCUT2D eigenvalue weighted by Crippen LogP contribution is -2.42. The molecule has 2 rings (SSSR count). The number of hydrogen-bond acceptors (Lipinski definition) is 2. The first-order valence-corrected chi connectivity index (χ1v) is 7.17. The number of rotatable bonds is 3. The molecular weight excluding hydrogens is 296 g/mol. The summed E-state index contributed by atoms with van der Waals surface area (Å²) in [5.74, 6) is 0. The van der Waals surface area contributed by atoms with E-state index in [1.54, 1.807) is 10.9 Å². The van der Waals surface area contributed by atoms with Gasteiger partial charge in [0.05, 0.1) is 22.9 Å². The summed E-state index contributed by atoms with van der Waals surface area (Å²) in [6.45, 7) is 0.482. The van der Waals surface area contributed by atoms with Crippen molar-refractivity contribution < 1.29 is 4.79 Å². The Balaban J connectivity index is 1.77. The summed E-state index contributed by atoms with van der Waals surface area (Å²) >= 11 is 3.41. The topological polar surface area (TPSA) is 59.0 Å². The molecule has 0 bridgehead atoms. The van der Waals surface area contributed by atoms with E-state index in [0.717, 1.165) is 23.0 Å². The van der Waals surface area contributed by atoms with Crippen molar-refractivity contribution in [3.05, 3.63) is 16.4 Å². The van der Waals surface area contributed by atoms with Gasteiger partial charge in [0.15, 0.2) is 0 Å². The Hall–Kier alpha value is -1.04. The molecule has 1 saturated carbocycles. The van der Waals surface area contributed by atoms with Gasteiger partial charge in [0.25, 0.3) is 0 Å². The van der Waals surface area contributed by atoms with Gasteiger partial charge < -0.3 is 10.6 Å². The highest BCUT2D eigenvalue weighted by atomic mass is 79.9. The van der Waals surface area contributed by atoms with Crippen molar-refractivity contribution in [1.29, 1.82) is 0 Å². The first kappa shape index (κ1) is 13.4. The molecule has 2 N–H and O–H groups in total. The molecule has 2 amide bonds. The molecule has 1 aromatic heterocycles. The Kier molecular flexibility index (Phi) is 4.63. The first-order chi connectivity index (χ1) is 8.66. The van der Waals surface area contributed by atoms with Gasteiger partial charge >= 0.3 is 6.03 Å². The van der Waals surface area contributed by atoms with E-state index in [9.17, 15) is 4.79 Å². The Morgan fingerprint density at radius 1 is 1.50 bits per heavy atom. The molecule has 0 atom stereocenters. The average Bonchev–Trinajstić information content (AvgIpc) is 2.68. The largest absolute Gasteiger partial charge is 0.335 e. The number of urea groups is 1. The molecule has 1 aromatic rings. The minimum absolute atomic E-state index is 0.0880. The Morgan fingerprint density at radius 2 is 2.22 bits per heavy atom. The van der Waals surface area contributed by atoms with Crippen LogP contribution in [0.4, 0.5) is 4.79 Å². The maximum absolute atomic E-state index is 11.8. The molecule has 1 aliphatic rings. The highest BCUT2D eigenvalue weighted by Gasteiger charge is 2.15. The number of aromatic nitrogens is 2. The third kappa shape index (κ3) is 3.48. The van der Waals surface area contributed by atoms with Gasteiger partial charge in [-0.1, -0.05) is 19.3 Å². The fraction of sp³-hybridized carbons (Fsp3) is 0.667. The third-order valence-electron chi connectivity index (χ3n) is 3.37. The van der Waals surface area contributed by atoms with Crippen molar-refractivity contribution in [2.75, 3.05) is 0 Å². The molecule has 100 valence electrons. The molecule has 1 aliphatic carbocycles. The van der Waals surface area contributed by atoms with Crippen LogP contribution in [0.2, 0.25) is 0 Å². The molecule has 0 saturated heterocycles. The second kappa shape index (κ2) is 6.22. The molecule has 1 fully saturated rings. The van der Waals surface area contributed by atoms with Crippen LogP contribution in [0.5, 0.6) is 0 Å². The normalized spacial score (nSPS) is 16.6. The predicted octanol–water partition coefficient (Wildman–Crippen LogP) is 2.31. The molecule has 0 unspecified atom stereocenters. The summed E-state index contributed by atoms with van der Waals surface area (Å²) in [6, 6.07) is 0.253. The van der Waals surface area contributed by atoms with E-state index in [0.29, 0.717) is 12.6 Å². The summed E-state index contributed by atoms with van der Waals surface area (Å²) < 4.78 is 2.67. The van der Waals surface area contributed by atoms with Crippen LogP contribution in [0, 0.1) is 0 Å². The van der Waals surface area contributed by atoms with Crippen molar-refractivity contribution in [1.82, 2.24) is 20.4 Å². The van der Waals surface area contributed by atoms with E-state index >= 15 is 0 Å². The maximum atomic E-state index is 11.8. The van der Waals surface area contributed by atoms with Crippen molar-refractivity contribution in [2.24, 2.45) is 7.05 Å². The number of carbonyl (C=O) groups excluding carboxylic acids is 1. The summed E-state index contributed by atoms with van der Waals surface area (Å²) in [7, 11) is 1.86. The third-order valence-corrected chi connectivity index (χ3v) is 4.03. The Bertz CT molecular complexity index is 393. The van der Waals surface area contributed by atoms with Gasteiger partial charge in [0, 0.05) is 13.1 Å². The average molecular weight is 315 g/mol. The first-order valence-electron chi connectivity index (χ1n) is 6.37. The molecule has 0 spiro atoms. The fourth-order valence-corrected chi connectivity index (χ4v) is 2.77. The van der Waals surface area contributed by atoms with Crippen molar-refractivity contribution in [2.45, 2.75) is 44.7 Å². The minimum atomic E-state index is -0.0880. The number of aryl methyl sites for hydroxylation is 1. The van der Waals surface area contributed by atoms with Crippen LogP contribution < -0.4 is 10.6 Å². The lowest BCUT2D eigenvalue weighted by atomic mass is 9.96. The highest BCUT2D eigenvalue weighted by Crippen LogP contribution is 2.17. The second-order valence-electron chi connectivity index (χ2n) is 4.72. The molecule has 0 radical (unpaired) electrons. The van der Waals surface area contributed by atoms with Crippen LogP contribution in [0.1, 0.15) is 37.8 Å². The van der Waals surface area contributed by atoms with E-state index in [2.05, 4.69) is 31.7 Å². The number of carbonyl (C=O) groups is 1. The van der Waals surface area contributed by atoms with Gasteiger partial charge in [-0.05, 0) is 28.8 Å². The SMILES string of the molecule is Cn1ncc(Br)c1CNC(=O)NC1CCCCC1. The van der Waals surface area contributed by atoms with Gasteiger partial charge in [-0.15, -0.1) is 0 Å². The number of nitrogens with one attached hydrogen (secondary N) is 2. The second-order valence-corrected chi connectivity index (χ2v) is 5.58.